The number of hydrogen-bond donors (Lipinski definition) is 1. The highest BCUT2D eigenvalue weighted by Crippen LogP contribution is 2.23. The van der Waals surface area contributed by atoms with Gasteiger partial charge in [-0.15, -0.1) is 0 Å². The summed E-state index contributed by atoms with van der Waals surface area (Å²) in [6.07, 6.45) is 0. The van der Waals surface area contributed by atoms with Gasteiger partial charge in [-0.25, -0.2) is 4.98 Å². The molecule has 1 heterocycles. The number of halogens is 1. The number of thiazole rings is 1. The van der Waals surface area contributed by atoms with Crippen LogP contribution in [0.5, 0.6) is 0 Å². The van der Waals surface area contributed by atoms with Crippen molar-refractivity contribution < 1.29 is 9.18 Å². The van der Waals surface area contributed by atoms with E-state index in [2.05, 4.69) is 4.98 Å². The van der Waals surface area contributed by atoms with Gasteiger partial charge < -0.3 is 5.73 Å². The van der Waals surface area contributed by atoms with Crippen molar-refractivity contribution in [1.29, 1.82) is 0 Å². The zero-order valence-electron chi connectivity index (χ0n) is 6.45. The molecule has 0 aliphatic carbocycles. The largest absolute Gasteiger partial charge is 0.366 e. The van der Waals surface area contributed by atoms with Crippen molar-refractivity contribution in [3.63, 3.8) is 0 Å². The SMILES string of the molecule is NC(=O)c1cccc2sc(F)nc12. The van der Waals surface area contributed by atoms with Gasteiger partial charge in [0.05, 0.1) is 15.8 Å². The summed E-state index contributed by atoms with van der Waals surface area (Å²) < 4.78 is 13.4. The molecule has 0 aliphatic heterocycles. The van der Waals surface area contributed by atoms with Crippen LogP contribution in [0.2, 0.25) is 0 Å². The smallest absolute Gasteiger partial charge is 0.270 e. The van der Waals surface area contributed by atoms with E-state index >= 15 is 0 Å². The number of benzene rings is 1. The molecule has 1 aromatic carbocycles. The molecule has 2 rings (SSSR count). The van der Waals surface area contributed by atoms with Gasteiger partial charge in [-0.05, 0) is 12.1 Å². The molecule has 0 fully saturated rings. The van der Waals surface area contributed by atoms with E-state index in [1.807, 2.05) is 0 Å². The van der Waals surface area contributed by atoms with Crippen molar-refractivity contribution in [2.24, 2.45) is 5.73 Å². The van der Waals surface area contributed by atoms with E-state index in [9.17, 15) is 9.18 Å². The van der Waals surface area contributed by atoms with Crippen LogP contribution in [0, 0.1) is 5.26 Å². The Morgan fingerprint density at radius 2 is 2.31 bits per heavy atom. The standard InChI is InChI=1S/C8H5FN2OS/c9-8-11-6-4(7(10)12)2-1-3-5(6)13-8/h1-3H,(H2,10,12). The van der Waals surface area contributed by atoms with Gasteiger partial charge in [0.1, 0.15) is 0 Å². The third kappa shape index (κ3) is 1.27. The topological polar surface area (TPSA) is 56.0 Å². The number of nitrogens with zero attached hydrogens (tertiary/aromatic N) is 1. The normalized spacial score (nSPS) is 10.5. The van der Waals surface area contributed by atoms with E-state index in [1.54, 1.807) is 12.1 Å². The number of primary amides is 1. The van der Waals surface area contributed by atoms with E-state index in [1.165, 1.54) is 6.07 Å². The maximum atomic E-state index is 12.7. The molecule has 0 bridgehead atoms. The average molecular weight is 196 g/mol. The highest BCUT2D eigenvalue weighted by molar-refractivity contribution is 7.17. The van der Waals surface area contributed by atoms with Crippen LogP contribution in [-0.4, -0.2) is 10.9 Å². The first kappa shape index (κ1) is 8.12. The number of hydrogen-bond acceptors (Lipinski definition) is 3. The van der Waals surface area contributed by atoms with E-state index in [-0.39, 0.29) is 5.56 Å². The highest BCUT2D eigenvalue weighted by atomic mass is 32.1. The van der Waals surface area contributed by atoms with E-state index in [4.69, 9.17) is 5.73 Å². The molecule has 5 heteroatoms. The minimum Gasteiger partial charge on any atom is -0.366 e. The van der Waals surface area contributed by atoms with Crippen LogP contribution in [0.4, 0.5) is 4.39 Å². The number of rotatable bonds is 1. The van der Waals surface area contributed by atoms with Crippen LogP contribution >= 0.6 is 11.3 Å². The summed E-state index contributed by atoms with van der Waals surface area (Å²) in [5.41, 5.74) is 5.70. The highest BCUT2D eigenvalue weighted by Gasteiger charge is 2.10. The average Bonchev–Trinajstić information content (AvgIpc) is 2.43. The predicted molar refractivity (Wildman–Crippen MR) is 48.1 cm³/mol. The Kier molecular flexibility index (Phi) is 1.73. The summed E-state index contributed by atoms with van der Waals surface area (Å²) in [6.45, 7) is 0. The molecule has 13 heavy (non-hydrogen) atoms. The monoisotopic (exact) mass is 196 g/mol. The molecule has 0 aliphatic rings. The fourth-order valence-corrected chi connectivity index (χ4v) is 1.84. The Labute approximate surface area is 77.0 Å². The summed E-state index contributed by atoms with van der Waals surface area (Å²) in [7, 11) is 0. The molecule has 1 amide bonds. The minimum atomic E-state index is -0.587. The van der Waals surface area contributed by atoms with Crippen LogP contribution in [0.3, 0.4) is 0 Å². The summed E-state index contributed by atoms with van der Waals surface area (Å²) in [6, 6.07) is 4.88. The molecule has 1 aromatic heterocycles. The van der Waals surface area contributed by atoms with Crippen molar-refractivity contribution in [1.82, 2.24) is 4.98 Å². The number of carbonyl (C=O) groups is 1. The predicted octanol–water partition coefficient (Wildman–Crippen LogP) is 1.53. The lowest BCUT2D eigenvalue weighted by Crippen LogP contribution is -2.11. The van der Waals surface area contributed by atoms with E-state index < -0.39 is 11.2 Å². The molecular weight excluding hydrogens is 191 g/mol. The van der Waals surface area contributed by atoms with Crippen LogP contribution in [-0.2, 0) is 0 Å². The third-order valence-electron chi connectivity index (χ3n) is 1.66. The molecule has 2 N–H and O–H groups in total. The van der Waals surface area contributed by atoms with Crippen LogP contribution in [0.25, 0.3) is 10.2 Å². The number of para-hydroxylation sites is 1. The van der Waals surface area contributed by atoms with Gasteiger partial charge in [0, 0.05) is 0 Å². The van der Waals surface area contributed by atoms with Gasteiger partial charge in [0.2, 0.25) is 0 Å². The van der Waals surface area contributed by atoms with Gasteiger partial charge >= 0.3 is 0 Å². The van der Waals surface area contributed by atoms with Gasteiger partial charge in [0.25, 0.3) is 11.2 Å². The lowest BCUT2D eigenvalue weighted by Gasteiger charge is -1.94. The van der Waals surface area contributed by atoms with Crippen molar-refractivity contribution in [2.75, 3.05) is 0 Å². The molecule has 3 nitrogen and oxygen atoms in total. The molecule has 0 radical (unpaired) electrons. The Morgan fingerprint density at radius 1 is 1.54 bits per heavy atom. The molecule has 2 aromatic rings. The lowest BCUT2D eigenvalue weighted by molar-refractivity contribution is 0.100. The van der Waals surface area contributed by atoms with Crippen LogP contribution in [0.15, 0.2) is 18.2 Å². The second-order valence-corrected chi connectivity index (χ2v) is 3.46. The van der Waals surface area contributed by atoms with Crippen molar-refractivity contribution in [3.05, 3.63) is 29.0 Å². The number of aromatic nitrogens is 1. The Bertz CT molecular complexity index is 480. The number of carbonyl (C=O) groups excluding carboxylic acids is 1. The lowest BCUT2D eigenvalue weighted by atomic mass is 10.2. The maximum Gasteiger partial charge on any atom is 0.270 e. The number of nitrogens with two attached hydrogens (primary N) is 1. The van der Waals surface area contributed by atoms with E-state index in [0.29, 0.717) is 10.2 Å². The minimum absolute atomic E-state index is 0.262. The first-order valence-electron chi connectivity index (χ1n) is 3.53. The third-order valence-corrected chi connectivity index (χ3v) is 2.47. The Hall–Kier alpha value is -1.49. The first-order valence-corrected chi connectivity index (χ1v) is 4.35. The molecule has 0 saturated carbocycles. The summed E-state index contributed by atoms with van der Waals surface area (Å²) in [4.78, 5) is 14.5. The van der Waals surface area contributed by atoms with Gasteiger partial charge in [-0.3, -0.25) is 4.79 Å². The number of amides is 1. The van der Waals surface area contributed by atoms with E-state index in [0.717, 1.165) is 11.3 Å². The zero-order valence-corrected chi connectivity index (χ0v) is 7.27. The van der Waals surface area contributed by atoms with Crippen molar-refractivity contribution >= 4 is 27.5 Å². The second-order valence-electron chi connectivity index (χ2n) is 2.48. The van der Waals surface area contributed by atoms with Crippen molar-refractivity contribution in [3.8, 4) is 0 Å². The maximum absolute atomic E-state index is 12.7. The van der Waals surface area contributed by atoms with Crippen LogP contribution < -0.4 is 5.73 Å². The van der Waals surface area contributed by atoms with Crippen molar-refractivity contribution in [2.45, 2.75) is 0 Å². The quantitative estimate of drug-likeness (QED) is 0.752. The zero-order chi connectivity index (χ0) is 9.42. The molecule has 0 saturated heterocycles. The summed E-state index contributed by atoms with van der Waals surface area (Å²) in [5, 5.41) is -0.552. The van der Waals surface area contributed by atoms with Gasteiger partial charge in [-0.1, -0.05) is 17.4 Å². The molecule has 0 spiro atoms. The van der Waals surface area contributed by atoms with Gasteiger partial charge in [0.15, 0.2) is 0 Å². The Balaban J connectivity index is 2.82. The fourth-order valence-electron chi connectivity index (χ4n) is 1.12. The Morgan fingerprint density at radius 3 is 3.00 bits per heavy atom. The molecule has 0 atom stereocenters. The van der Waals surface area contributed by atoms with Gasteiger partial charge in [-0.2, -0.15) is 4.39 Å². The first-order chi connectivity index (χ1) is 6.18. The summed E-state index contributed by atoms with van der Waals surface area (Å²) in [5.74, 6) is -0.587. The number of fused-ring (bicyclic) bond motifs is 1. The fraction of sp³-hybridized carbons (Fsp3) is 0. The van der Waals surface area contributed by atoms with Crippen LogP contribution in [0.1, 0.15) is 10.4 Å². The summed E-state index contributed by atoms with van der Waals surface area (Å²) >= 11 is 0.898. The molecular formula is C8H5FN2OS. The second kappa shape index (κ2) is 2.77. The molecule has 0 unspecified atom stereocenters. The molecule has 66 valence electrons.